The Morgan fingerprint density at radius 3 is 2.64 bits per heavy atom. The molecule has 3 aromatic rings. The van der Waals surface area contributed by atoms with Crippen LogP contribution in [-0.4, -0.2) is 35.5 Å². The summed E-state index contributed by atoms with van der Waals surface area (Å²) in [6.45, 7) is 3.65. The van der Waals surface area contributed by atoms with Crippen LogP contribution in [0.15, 0.2) is 70.5 Å². The van der Waals surface area contributed by atoms with Gasteiger partial charge >= 0.3 is 12.0 Å². The van der Waals surface area contributed by atoms with Crippen molar-refractivity contribution in [3.8, 4) is 22.7 Å². The number of methoxy groups -OCH3 is 1. The molecule has 2 amide bonds. The largest absolute Gasteiger partial charge is 0.496 e. The lowest BCUT2D eigenvalue weighted by Gasteiger charge is -2.27. The van der Waals surface area contributed by atoms with Crippen LogP contribution in [0.2, 0.25) is 0 Å². The zero-order chi connectivity index (χ0) is 23.5. The van der Waals surface area contributed by atoms with Crippen molar-refractivity contribution < 1.29 is 19.1 Å². The number of carbonyl (C=O) groups excluding carboxylic acids is 2. The number of allylic oxidation sites excluding steroid dienone is 1. The Morgan fingerprint density at radius 2 is 1.97 bits per heavy atom. The molecule has 1 atom stereocenters. The van der Waals surface area contributed by atoms with E-state index < -0.39 is 18.0 Å². The lowest BCUT2D eigenvalue weighted by atomic mass is 9.94. The molecule has 2 aromatic carbocycles. The molecular weight excluding hydrogens is 488 g/mol. The summed E-state index contributed by atoms with van der Waals surface area (Å²) < 4.78 is 13.1. The molecule has 0 aliphatic carbocycles. The number of carbonyl (C=O) groups is 2. The first kappa shape index (κ1) is 22.6. The van der Waals surface area contributed by atoms with Crippen molar-refractivity contribution in [2.45, 2.75) is 19.9 Å². The van der Waals surface area contributed by atoms with E-state index in [1.807, 2.05) is 54.7 Å². The molecule has 2 heterocycles. The molecule has 0 saturated heterocycles. The Kier molecular flexibility index (Phi) is 6.50. The zero-order valence-corrected chi connectivity index (χ0v) is 20.0. The molecule has 4 rings (SSSR count). The molecule has 0 spiro atoms. The number of urea groups is 1. The maximum atomic E-state index is 12.8. The van der Waals surface area contributed by atoms with Crippen LogP contribution in [0, 0.1) is 0 Å². The van der Waals surface area contributed by atoms with Crippen LogP contribution in [0.4, 0.5) is 4.79 Å². The molecule has 1 unspecified atom stereocenters. The highest BCUT2D eigenvalue weighted by atomic mass is 79.9. The minimum atomic E-state index is -0.744. The van der Waals surface area contributed by atoms with Gasteiger partial charge in [-0.05, 0) is 60.1 Å². The topological polar surface area (TPSA) is 94.5 Å². The SMILES string of the molecule is CCOC(=O)C1=C(C)NC(=O)NC1c1cn(-c2ccccc2)nc1-c1ccc(OC)c(Br)c1. The summed E-state index contributed by atoms with van der Waals surface area (Å²) in [4.78, 5) is 25.2. The molecule has 0 bridgehead atoms. The van der Waals surface area contributed by atoms with Crippen LogP contribution < -0.4 is 15.4 Å². The fourth-order valence-corrected chi connectivity index (χ4v) is 4.30. The highest BCUT2D eigenvalue weighted by Crippen LogP contribution is 2.37. The van der Waals surface area contributed by atoms with Crippen LogP contribution in [0.3, 0.4) is 0 Å². The van der Waals surface area contributed by atoms with Crippen LogP contribution in [0.5, 0.6) is 5.75 Å². The van der Waals surface area contributed by atoms with Crippen molar-refractivity contribution >= 4 is 27.9 Å². The second-order valence-electron chi connectivity index (χ2n) is 7.35. The van der Waals surface area contributed by atoms with Crippen LogP contribution in [0.25, 0.3) is 16.9 Å². The van der Waals surface area contributed by atoms with E-state index in [0.29, 0.717) is 28.3 Å². The smallest absolute Gasteiger partial charge is 0.338 e. The summed E-state index contributed by atoms with van der Waals surface area (Å²) in [6.07, 6.45) is 1.82. The molecule has 9 heteroatoms. The van der Waals surface area contributed by atoms with Crippen molar-refractivity contribution in [2.75, 3.05) is 13.7 Å². The van der Waals surface area contributed by atoms with Gasteiger partial charge < -0.3 is 20.1 Å². The molecule has 1 aliphatic heterocycles. The molecule has 8 nitrogen and oxygen atoms in total. The summed E-state index contributed by atoms with van der Waals surface area (Å²) in [5.74, 6) is 0.183. The maximum Gasteiger partial charge on any atom is 0.338 e. The highest BCUT2D eigenvalue weighted by molar-refractivity contribution is 9.10. The predicted octanol–water partition coefficient (Wildman–Crippen LogP) is 4.50. The van der Waals surface area contributed by atoms with Gasteiger partial charge in [-0.25, -0.2) is 14.3 Å². The second kappa shape index (κ2) is 9.50. The fourth-order valence-electron chi connectivity index (χ4n) is 3.76. The Morgan fingerprint density at radius 1 is 1.21 bits per heavy atom. The van der Waals surface area contributed by atoms with Crippen molar-refractivity contribution in [3.63, 3.8) is 0 Å². The minimum absolute atomic E-state index is 0.220. The minimum Gasteiger partial charge on any atom is -0.496 e. The number of para-hydroxylation sites is 1. The molecule has 0 saturated carbocycles. The van der Waals surface area contributed by atoms with Gasteiger partial charge in [0.25, 0.3) is 0 Å². The van der Waals surface area contributed by atoms with Gasteiger partial charge in [0.15, 0.2) is 0 Å². The van der Waals surface area contributed by atoms with Crippen molar-refractivity contribution in [2.24, 2.45) is 0 Å². The van der Waals surface area contributed by atoms with Gasteiger partial charge in [0, 0.05) is 23.0 Å². The number of rotatable bonds is 6. The van der Waals surface area contributed by atoms with Gasteiger partial charge in [-0.15, -0.1) is 0 Å². The van der Waals surface area contributed by atoms with Crippen molar-refractivity contribution in [1.82, 2.24) is 20.4 Å². The van der Waals surface area contributed by atoms with E-state index in [4.69, 9.17) is 14.6 Å². The normalized spacial score (nSPS) is 15.6. The van der Waals surface area contributed by atoms with Gasteiger partial charge in [0.2, 0.25) is 0 Å². The van der Waals surface area contributed by atoms with Crippen molar-refractivity contribution in [3.05, 3.63) is 76.0 Å². The summed E-state index contributed by atoms with van der Waals surface area (Å²) >= 11 is 3.53. The van der Waals surface area contributed by atoms with E-state index in [0.717, 1.165) is 15.7 Å². The van der Waals surface area contributed by atoms with E-state index in [2.05, 4.69) is 26.6 Å². The van der Waals surface area contributed by atoms with Gasteiger partial charge in [-0.3, -0.25) is 0 Å². The van der Waals surface area contributed by atoms with Gasteiger partial charge in [-0.1, -0.05) is 18.2 Å². The van der Waals surface area contributed by atoms with Gasteiger partial charge in [-0.2, -0.15) is 5.10 Å². The van der Waals surface area contributed by atoms with Crippen LogP contribution in [0.1, 0.15) is 25.5 Å². The lowest BCUT2D eigenvalue weighted by molar-refractivity contribution is -0.139. The molecule has 2 N–H and O–H groups in total. The third-order valence-electron chi connectivity index (χ3n) is 5.26. The summed E-state index contributed by atoms with van der Waals surface area (Å²) in [5, 5.41) is 10.4. The first-order valence-corrected chi connectivity index (χ1v) is 11.2. The van der Waals surface area contributed by atoms with E-state index >= 15 is 0 Å². The number of hydrogen-bond acceptors (Lipinski definition) is 5. The lowest BCUT2D eigenvalue weighted by Crippen LogP contribution is -2.45. The van der Waals surface area contributed by atoms with E-state index in [1.54, 1.807) is 25.6 Å². The Labute approximate surface area is 199 Å². The van der Waals surface area contributed by atoms with Crippen LogP contribution >= 0.6 is 15.9 Å². The average molecular weight is 511 g/mol. The number of nitrogens with one attached hydrogen (secondary N) is 2. The fraction of sp³-hybridized carbons (Fsp3) is 0.208. The second-order valence-corrected chi connectivity index (χ2v) is 8.21. The number of esters is 1. The Hall–Kier alpha value is -3.59. The Bertz CT molecular complexity index is 1240. The monoisotopic (exact) mass is 510 g/mol. The standard InChI is InChI=1S/C24H23BrN4O4/c1-4-33-23(30)20-14(2)26-24(31)27-22(20)17-13-29(16-8-6-5-7-9-16)28-21(17)15-10-11-19(32-3)18(25)12-15/h5-13,22H,4H2,1-3H3,(H2,26,27,31). The number of aromatic nitrogens is 2. The number of halogens is 1. The molecule has 0 fully saturated rings. The average Bonchev–Trinajstić information content (AvgIpc) is 3.24. The zero-order valence-electron chi connectivity index (χ0n) is 18.4. The number of benzene rings is 2. The Balaban J connectivity index is 1.91. The number of hydrogen-bond donors (Lipinski definition) is 2. The van der Waals surface area contributed by atoms with E-state index in [-0.39, 0.29) is 6.61 Å². The molecule has 170 valence electrons. The predicted molar refractivity (Wildman–Crippen MR) is 127 cm³/mol. The summed E-state index contributed by atoms with van der Waals surface area (Å²) in [5.41, 5.74) is 3.68. The molecule has 33 heavy (non-hydrogen) atoms. The van der Waals surface area contributed by atoms with Crippen molar-refractivity contribution in [1.29, 1.82) is 0 Å². The molecule has 1 aliphatic rings. The molecule has 1 aromatic heterocycles. The molecule has 0 radical (unpaired) electrons. The van der Waals surface area contributed by atoms with Crippen LogP contribution in [-0.2, 0) is 9.53 Å². The quantitative estimate of drug-likeness (QED) is 0.476. The van der Waals surface area contributed by atoms with Gasteiger partial charge in [0.05, 0.1) is 41.2 Å². The van der Waals surface area contributed by atoms with Gasteiger partial charge in [0.1, 0.15) is 5.75 Å². The summed E-state index contributed by atoms with van der Waals surface area (Å²) in [6, 6.07) is 14.1. The number of amides is 2. The number of nitrogens with zero attached hydrogens (tertiary/aromatic N) is 2. The summed E-state index contributed by atoms with van der Waals surface area (Å²) in [7, 11) is 1.60. The third kappa shape index (κ3) is 4.49. The first-order valence-electron chi connectivity index (χ1n) is 10.4. The van der Waals surface area contributed by atoms with E-state index in [9.17, 15) is 9.59 Å². The highest BCUT2D eigenvalue weighted by Gasteiger charge is 2.35. The number of ether oxygens (including phenoxy) is 2. The maximum absolute atomic E-state index is 12.8. The van der Waals surface area contributed by atoms with E-state index in [1.165, 1.54) is 0 Å². The molecular formula is C24H23BrN4O4. The first-order chi connectivity index (χ1) is 15.9. The third-order valence-corrected chi connectivity index (χ3v) is 5.88.